The Morgan fingerprint density at radius 2 is 1.54 bits per heavy atom. The number of rotatable bonds is 6. The minimum Gasteiger partial charge on any atom is -0.465 e. The molecule has 0 saturated carbocycles. The second-order valence-corrected chi connectivity index (χ2v) is 6.62. The van der Waals surface area contributed by atoms with E-state index >= 15 is 0 Å². The monoisotopic (exact) mass is 403 g/mol. The molecule has 3 rings (SSSR count). The van der Waals surface area contributed by atoms with Crippen molar-refractivity contribution in [1.29, 1.82) is 0 Å². The summed E-state index contributed by atoms with van der Waals surface area (Å²) in [6.07, 6.45) is 0. The number of piperazine rings is 1. The van der Waals surface area contributed by atoms with E-state index < -0.39 is 5.97 Å². The highest BCUT2D eigenvalue weighted by Crippen LogP contribution is 2.16. The first-order chi connectivity index (χ1) is 13.2. The molecule has 1 saturated heterocycles. The van der Waals surface area contributed by atoms with Gasteiger partial charge in [0.2, 0.25) is 5.91 Å². The SMILES string of the molecule is COC(=O)c1ccccc1NC(=O)CN1CCN(Cc2ccccc2)CC1.Cl. The van der Waals surface area contributed by atoms with Crippen molar-refractivity contribution in [1.82, 2.24) is 9.80 Å². The van der Waals surface area contributed by atoms with Gasteiger partial charge < -0.3 is 10.1 Å². The molecule has 0 radical (unpaired) electrons. The van der Waals surface area contributed by atoms with E-state index in [4.69, 9.17) is 4.74 Å². The van der Waals surface area contributed by atoms with Gasteiger partial charge in [-0.05, 0) is 17.7 Å². The molecule has 1 heterocycles. The van der Waals surface area contributed by atoms with Gasteiger partial charge in [-0.3, -0.25) is 14.6 Å². The van der Waals surface area contributed by atoms with Gasteiger partial charge in [0.25, 0.3) is 0 Å². The van der Waals surface area contributed by atoms with Crippen LogP contribution in [0.5, 0.6) is 0 Å². The molecular formula is C21H26ClN3O3. The summed E-state index contributed by atoms with van der Waals surface area (Å²) in [5.74, 6) is -0.580. The number of esters is 1. The Bertz CT molecular complexity index is 777. The molecule has 0 atom stereocenters. The molecule has 0 spiro atoms. The molecule has 0 aromatic heterocycles. The minimum absolute atomic E-state index is 0. The van der Waals surface area contributed by atoms with Crippen LogP contribution < -0.4 is 5.32 Å². The maximum Gasteiger partial charge on any atom is 0.339 e. The van der Waals surface area contributed by atoms with Gasteiger partial charge in [-0.15, -0.1) is 12.4 Å². The van der Waals surface area contributed by atoms with Crippen molar-refractivity contribution < 1.29 is 14.3 Å². The third-order valence-electron chi connectivity index (χ3n) is 4.69. The summed E-state index contributed by atoms with van der Waals surface area (Å²) in [4.78, 5) is 28.7. The number of methoxy groups -OCH3 is 1. The Hall–Kier alpha value is -2.41. The van der Waals surface area contributed by atoms with Gasteiger partial charge in [-0.2, -0.15) is 0 Å². The molecule has 1 aliphatic heterocycles. The van der Waals surface area contributed by atoms with Crippen LogP contribution in [-0.4, -0.2) is 61.5 Å². The van der Waals surface area contributed by atoms with Gasteiger partial charge in [0, 0.05) is 32.7 Å². The molecule has 28 heavy (non-hydrogen) atoms. The highest BCUT2D eigenvalue weighted by atomic mass is 35.5. The number of anilines is 1. The zero-order valence-electron chi connectivity index (χ0n) is 16.0. The molecule has 7 heteroatoms. The van der Waals surface area contributed by atoms with E-state index in [0.29, 0.717) is 17.8 Å². The smallest absolute Gasteiger partial charge is 0.339 e. The van der Waals surface area contributed by atoms with E-state index in [1.165, 1.54) is 12.7 Å². The van der Waals surface area contributed by atoms with Crippen LogP contribution in [-0.2, 0) is 16.1 Å². The first-order valence-corrected chi connectivity index (χ1v) is 9.11. The number of halogens is 1. The van der Waals surface area contributed by atoms with Crippen molar-refractivity contribution >= 4 is 30.0 Å². The summed E-state index contributed by atoms with van der Waals surface area (Å²) in [5.41, 5.74) is 2.15. The van der Waals surface area contributed by atoms with Gasteiger partial charge in [0.05, 0.1) is 24.9 Å². The van der Waals surface area contributed by atoms with E-state index in [2.05, 4.69) is 39.4 Å². The van der Waals surface area contributed by atoms with E-state index in [-0.39, 0.29) is 18.3 Å². The number of benzene rings is 2. The van der Waals surface area contributed by atoms with Crippen molar-refractivity contribution in [2.45, 2.75) is 6.54 Å². The lowest BCUT2D eigenvalue weighted by Gasteiger charge is -2.34. The van der Waals surface area contributed by atoms with Gasteiger partial charge in [-0.25, -0.2) is 4.79 Å². The van der Waals surface area contributed by atoms with Crippen LogP contribution in [0.3, 0.4) is 0 Å². The fourth-order valence-corrected chi connectivity index (χ4v) is 3.22. The summed E-state index contributed by atoms with van der Waals surface area (Å²) in [6.45, 7) is 4.81. The van der Waals surface area contributed by atoms with Crippen LogP contribution in [0.25, 0.3) is 0 Å². The zero-order valence-corrected chi connectivity index (χ0v) is 16.8. The van der Waals surface area contributed by atoms with E-state index in [1.807, 2.05) is 6.07 Å². The summed E-state index contributed by atoms with van der Waals surface area (Å²) in [6, 6.07) is 17.3. The number of nitrogens with zero attached hydrogens (tertiary/aromatic N) is 2. The number of carbonyl (C=O) groups is 2. The second kappa shape index (κ2) is 10.8. The van der Waals surface area contributed by atoms with Crippen LogP contribution in [0.2, 0.25) is 0 Å². The van der Waals surface area contributed by atoms with Crippen LogP contribution in [0.15, 0.2) is 54.6 Å². The zero-order chi connectivity index (χ0) is 19.1. The van der Waals surface area contributed by atoms with Crippen LogP contribution in [0.4, 0.5) is 5.69 Å². The number of amides is 1. The van der Waals surface area contributed by atoms with Crippen LogP contribution in [0, 0.1) is 0 Å². The van der Waals surface area contributed by atoms with Crippen molar-refractivity contribution in [3.63, 3.8) is 0 Å². The Balaban J connectivity index is 0.00000280. The standard InChI is InChI=1S/C21H25N3O3.ClH/c1-27-21(26)18-9-5-6-10-19(18)22-20(25)16-24-13-11-23(12-14-24)15-17-7-3-2-4-8-17;/h2-10H,11-16H2,1H3,(H,22,25);1H. The van der Waals surface area contributed by atoms with Crippen LogP contribution in [0.1, 0.15) is 15.9 Å². The molecule has 2 aromatic rings. The highest BCUT2D eigenvalue weighted by molar-refractivity contribution is 6.01. The number of hydrogen-bond acceptors (Lipinski definition) is 5. The minimum atomic E-state index is -0.458. The first kappa shape index (κ1) is 21.9. The lowest BCUT2D eigenvalue weighted by Crippen LogP contribution is -2.48. The lowest BCUT2D eigenvalue weighted by atomic mass is 10.1. The Morgan fingerprint density at radius 1 is 0.929 bits per heavy atom. The third kappa shape index (κ3) is 6.05. The fourth-order valence-electron chi connectivity index (χ4n) is 3.22. The maximum absolute atomic E-state index is 12.4. The van der Waals surface area contributed by atoms with Gasteiger partial charge in [0.1, 0.15) is 0 Å². The van der Waals surface area contributed by atoms with Crippen molar-refractivity contribution in [2.75, 3.05) is 45.2 Å². The van der Waals surface area contributed by atoms with Crippen molar-refractivity contribution in [3.05, 3.63) is 65.7 Å². The highest BCUT2D eigenvalue weighted by Gasteiger charge is 2.20. The number of ether oxygens (including phenoxy) is 1. The Labute approximate surface area is 171 Å². The second-order valence-electron chi connectivity index (χ2n) is 6.62. The first-order valence-electron chi connectivity index (χ1n) is 9.11. The molecule has 1 fully saturated rings. The van der Waals surface area contributed by atoms with Gasteiger partial charge >= 0.3 is 5.97 Å². The molecule has 0 bridgehead atoms. The molecule has 1 aliphatic rings. The fraction of sp³-hybridized carbons (Fsp3) is 0.333. The molecule has 0 unspecified atom stereocenters. The van der Waals surface area contributed by atoms with E-state index in [1.54, 1.807) is 24.3 Å². The molecule has 1 amide bonds. The number of hydrogen-bond donors (Lipinski definition) is 1. The predicted octanol–water partition coefficient (Wildman–Crippen LogP) is 2.65. The van der Waals surface area contributed by atoms with Crippen molar-refractivity contribution in [2.24, 2.45) is 0 Å². The topological polar surface area (TPSA) is 61.9 Å². The maximum atomic E-state index is 12.4. The van der Waals surface area contributed by atoms with Crippen LogP contribution >= 0.6 is 12.4 Å². The summed E-state index contributed by atoms with van der Waals surface area (Å²) >= 11 is 0. The van der Waals surface area contributed by atoms with Gasteiger partial charge in [-0.1, -0.05) is 42.5 Å². The number of nitrogens with one attached hydrogen (secondary N) is 1. The molecule has 2 aromatic carbocycles. The summed E-state index contributed by atoms with van der Waals surface area (Å²) in [5, 5.41) is 2.83. The van der Waals surface area contributed by atoms with E-state index in [0.717, 1.165) is 32.7 Å². The molecule has 1 N–H and O–H groups in total. The summed E-state index contributed by atoms with van der Waals surface area (Å²) < 4.78 is 4.76. The Morgan fingerprint density at radius 3 is 2.21 bits per heavy atom. The number of carbonyl (C=O) groups excluding carboxylic acids is 2. The Kier molecular flexibility index (Phi) is 8.44. The molecular weight excluding hydrogens is 378 g/mol. The molecule has 6 nitrogen and oxygen atoms in total. The normalized spacial score (nSPS) is 14.8. The van der Waals surface area contributed by atoms with E-state index in [9.17, 15) is 9.59 Å². The lowest BCUT2D eigenvalue weighted by molar-refractivity contribution is -0.117. The quantitative estimate of drug-likeness (QED) is 0.751. The number of para-hydroxylation sites is 1. The van der Waals surface area contributed by atoms with Gasteiger partial charge in [0.15, 0.2) is 0 Å². The van der Waals surface area contributed by atoms with Crippen molar-refractivity contribution in [3.8, 4) is 0 Å². The summed E-state index contributed by atoms with van der Waals surface area (Å²) in [7, 11) is 1.33. The largest absolute Gasteiger partial charge is 0.465 e. The molecule has 0 aliphatic carbocycles. The third-order valence-corrected chi connectivity index (χ3v) is 4.69. The predicted molar refractivity (Wildman–Crippen MR) is 112 cm³/mol. The average Bonchev–Trinajstić information content (AvgIpc) is 2.70. The molecule has 150 valence electrons. The average molecular weight is 404 g/mol.